The first kappa shape index (κ1) is 12.7. The van der Waals surface area contributed by atoms with E-state index >= 15 is 0 Å². The number of benzene rings is 1. The lowest BCUT2D eigenvalue weighted by Crippen LogP contribution is -2.28. The van der Waals surface area contributed by atoms with Crippen molar-refractivity contribution in [3.8, 4) is 0 Å². The van der Waals surface area contributed by atoms with Gasteiger partial charge in [-0.15, -0.1) is 0 Å². The molecule has 0 amide bonds. The zero-order valence-corrected chi connectivity index (χ0v) is 10.8. The maximum Gasteiger partial charge on any atom is 0.171 e. The van der Waals surface area contributed by atoms with Crippen molar-refractivity contribution in [2.45, 2.75) is 20.8 Å². The van der Waals surface area contributed by atoms with E-state index < -0.39 is 0 Å². The summed E-state index contributed by atoms with van der Waals surface area (Å²) in [6.45, 7) is 6.90. The fourth-order valence-electron chi connectivity index (χ4n) is 1.39. The second-order valence-corrected chi connectivity index (χ2v) is 4.13. The average molecular weight is 234 g/mol. The predicted octanol–water partition coefficient (Wildman–Crippen LogP) is 3.17. The lowest BCUT2D eigenvalue weighted by Gasteiger charge is -2.11. The molecule has 3 heteroatoms. The smallest absolute Gasteiger partial charge is 0.171 e. The van der Waals surface area contributed by atoms with E-state index in [2.05, 4.69) is 36.6 Å². The number of rotatable bonds is 3. The summed E-state index contributed by atoms with van der Waals surface area (Å²) in [5.74, 6) is 0. The Labute approximate surface area is 103 Å². The molecule has 1 aromatic rings. The number of thiocarbonyl (C=S) groups is 1. The molecule has 0 radical (unpaired) electrons. The third-order valence-corrected chi connectivity index (χ3v) is 2.49. The molecule has 0 aliphatic carbocycles. The Bertz CT molecular complexity index is 397. The second kappa shape index (κ2) is 6.28. The van der Waals surface area contributed by atoms with E-state index in [0.29, 0.717) is 5.11 Å². The van der Waals surface area contributed by atoms with Gasteiger partial charge in [-0.1, -0.05) is 29.8 Å². The molecule has 0 aromatic heterocycles. The van der Waals surface area contributed by atoms with Gasteiger partial charge < -0.3 is 10.6 Å². The van der Waals surface area contributed by atoms with Gasteiger partial charge in [0.1, 0.15) is 0 Å². The lowest BCUT2D eigenvalue weighted by atomic mass is 10.1. The van der Waals surface area contributed by atoms with Gasteiger partial charge in [0, 0.05) is 12.2 Å². The second-order valence-electron chi connectivity index (χ2n) is 3.72. The Kier molecular flexibility index (Phi) is 4.99. The van der Waals surface area contributed by atoms with Gasteiger partial charge >= 0.3 is 0 Å². The summed E-state index contributed by atoms with van der Waals surface area (Å²) >= 11 is 5.19. The molecule has 2 N–H and O–H groups in total. The van der Waals surface area contributed by atoms with E-state index in [-0.39, 0.29) is 0 Å². The molecule has 0 aliphatic heterocycles. The minimum Gasteiger partial charge on any atom is -0.359 e. The number of hydrogen-bond donors (Lipinski definition) is 2. The SMILES string of the molecule is CC=CCNC(=S)Nc1ccc(C)cc1C. The lowest BCUT2D eigenvalue weighted by molar-refractivity contribution is 1.05. The fourth-order valence-corrected chi connectivity index (χ4v) is 1.58. The Morgan fingerprint density at radius 1 is 1.38 bits per heavy atom. The van der Waals surface area contributed by atoms with Crippen LogP contribution in [0.2, 0.25) is 0 Å². The maximum absolute atomic E-state index is 5.19. The van der Waals surface area contributed by atoms with Crippen LogP contribution in [0.3, 0.4) is 0 Å². The normalized spacial score (nSPS) is 10.4. The molecule has 0 saturated carbocycles. The maximum atomic E-state index is 5.19. The van der Waals surface area contributed by atoms with E-state index in [1.807, 2.05) is 25.1 Å². The van der Waals surface area contributed by atoms with Crippen LogP contribution in [0.1, 0.15) is 18.1 Å². The topological polar surface area (TPSA) is 24.1 Å². The van der Waals surface area contributed by atoms with E-state index in [1.165, 1.54) is 11.1 Å². The van der Waals surface area contributed by atoms with Crippen LogP contribution < -0.4 is 10.6 Å². The van der Waals surface area contributed by atoms with E-state index in [4.69, 9.17) is 12.2 Å². The summed E-state index contributed by atoms with van der Waals surface area (Å²) in [4.78, 5) is 0. The third kappa shape index (κ3) is 4.03. The minimum atomic E-state index is 0.657. The molecule has 0 atom stereocenters. The molecule has 0 heterocycles. The van der Waals surface area contributed by atoms with Crippen molar-refractivity contribution in [2.75, 3.05) is 11.9 Å². The van der Waals surface area contributed by atoms with E-state index in [9.17, 15) is 0 Å². The number of nitrogens with one attached hydrogen (secondary N) is 2. The Morgan fingerprint density at radius 2 is 2.12 bits per heavy atom. The van der Waals surface area contributed by atoms with Crippen molar-refractivity contribution in [1.29, 1.82) is 0 Å². The van der Waals surface area contributed by atoms with Gasteiger partial charge in [-0.3, -0.25) is 0 Å². The molecule has 1 aromatic carbocycles. The first-order valence-electron chi connectivity index (χ1n) is 5.36. The van der Waals surface area contributed by atoms with Crippen LogP contribution in [-0.2, 0) is 0 Å². The molecule has 0 spiro atoms. The quantitative estimate of drug-likeness (QED) is 0.620. The van der Waals surface area contributed by atoms with Crippen molar-refractivity contribution in [3.05, 3.63) is 41.5 Å². The van der Waals surface area contributed by atoms with Crippen molar-refractivity contribution in [2.24, 2.45) is 0 Å². The van der Waals surface area contributed by atoms with Crippen LogP contribution in [0.25, 0.3) is 0 Å². The number of allylic oxidation sites excluding steroid dienone is 1. The summed E-state index contributed by atoms with van der Waals surface area (Å²) in [5.41, 5.74) is 3.52. The predicted molar refractivity (Wildman–Crippen MR) is 75.0 cm³/mol. The van der Waals surface area contributed by atoms with Crippen LogP contribution >= 0.6 is 12.2 Å². The highest BCUT2D eigenvalue weighted by Gasteiger charge is 1.99. The summed E-state index contributed by atoms with van der Waals surface area (Å²) in [7, 11) is 0. The van der Waals surface area contributed by atoms with Crippen LogP contribution in [0.15, 0.2) is 30.4 Å². The summed E-state index contributed by atoms with van der Waals surface area (Å²) in [6, 6.07) is 6.26. The monoisotopic (exact) mass is 234 g/mol. The van der Waals surface area contributed by atoms with Crippen LogP contribution in [0.5, 0.6) is 0 Å². The van der Waals surface area contributed by atoms with Crippen molar-refractivity contribution in [1.82, 2.24) is 5.32 Å². The van der Waals surface area contributed by atoms with Gasteiger partial charge in [0.2, 0.25) is 0 Å². The highest BCUT2D eigenvalue weighted by Crippen LogP contribution is 2.15. The van der Waals surface area contributed by atoms with Crippen molar-refractivity contribution >= 4 is 23.0 Å². The standard InChI is InChI=1S/C13H18N2S/c1-4-5-8-14-13(16)15-12-7-6-10(2)9-11(12)3/h4-7,9H,8H2,1-3H3,(H2,14,15,16). The van der Waals surface area contributed by atoms with Gasteiger partial charge in [0.15, 0.2) is 5.11 Å². The molecular weight excluding hydrogens is 216 g/mol. The summed E-state index contributed by atoms with van der Waals surface area (Å²) in [6.07, 6.45) is 4.02. The van der Waals surface area contributed by atoms with Gasteiger partial charge in [0.25, 0.3) is 0 Å². The van der Waals surface area contributed by atoms with Crippen LogP contribution in [-0.4, -0.2) is 11.7 Å². The highest BCUT2D eigenvalue weighted by atomic mass is 32.1. The molecule has 0 bridgehead atoms. The summed E-state index contributed by atoms with van der Waals surface area (Å²) in [5, 5.41) is 6.95. The third-order valence-electron chi connectivity index (χ3n) is 2.25. The molecule has 86 valence electrons. The molecule has 0 fully saturated rings. The molecule has 16 heavy (non-hydrogen) atoms. The molecule has 0 unspecified atom stereocenters. The Balaban J connectivity index is 2.56. The molecule has 2 nitrogen and oxygen atoms in total. The zero-order chi connectivity index (χ0) is 12.0. The zero-order valence-electron chi connectivity index (χ0n) is 10.0. The van der Waals surface area contributed by atoms with Crippen LogP contribution in [0, 0.1) is 13.8 Å². The fraction of sp³-hybridized carbons (Fsp3) is 0.308. The van der Waals surface area contributed by atoms with Crippen molar-refractivity contribution in [3.63, 3.8) is 0 Å². The van der Waals surface area contributed by atoms with E-state index in [1.54, 1.807) is 0 Å². The van der Waals surface area contributed by atoms with Gasteiger partial charge in [-0.2, -0.15) is 0 Å². The first-order valence-corrected chi connectivity index (χ1v) is 5.77. The molecule has 0 aliphatic rings. The summed E-state index contributed by atoms with van der Waals surface area (Å²) < 4.78 is 0. The molecule has 0 saturated heterocycles. The average Bonchev–Trinajstić information content (AvgIpc) is 2.23. The largest absolute Gasteiger partial charge is 0.359 e. The highest BCUT2D eigenvalue weighted by molar-refractivity contribution is 7.80. The van der Waals surface area contributed by atoms with Gasteiger partial charge in [0.05, 0.1) is 0 Å². The Hall–Kier alpha value is -1.35. The Morgan fingerprint density at radius 3 is 2.75 bits per heavy atom. The minimum absolute atomic E-state index is 0.657. The molecular formula is C13H18N2S. The number of hydrogen-bond acceptors (Lipinski definition) is 1. The van der Waals surface area contributed by atoms with Crippen molar-refractivity contribution < 1.29 is 0 Å². The molecule has 1 rings (SSSR count). The number of aryl methyl sites for hydroxylation is 2. The van der Waals surface area contributed by atoms with E-state index in [0.717, 1.165) is 12.2 Å². The van der Waals surface area contributed by atoms with Gasteiger partial charge in [-0.25, -0.2) is 0 Å². The van der Waals surface area contributed by atoms with Crippen LogP contribution in [0.4, 0.5) is 5.69 Å². The van der Waals surface area contributed by atoms with Gasteiger partial charge in [-0.05, 0) is 44.6 Å². The first-order chi connectivity index (χ1) is 7.63. The number of anilines is 1.